The van der Waals surface area contributed by atoms with Crippen molar-refractivity contribution in [1.82, 2.24) is 20.8 Å². The summed E-state index contributed by atoms with van der Waals surface area (Å²) in [5, 5.41) is 22.3. The van der Waals surface area contributed by atoms with Gasteiger partial charge in [-0.25, -0.2) is 4.79 Å². The first-order valence-corrected chi connectivity index (χ1v) is 7.72. The van der Waals surface area contributed by atoms with Gasteiger partial charge in [-0.1, -0.05) is 18.2 Å². The smallest absolute Gasteiger partial charge is 0.315 e. The van der Waals surface area contributed by atoms with Gasteiger partial charge in [-0.2, -0.15) is 0 Å². The summed E-state index contributed by atoms with van der Waals surface area (Å²) < 4.78 is 5.56. The monoisotopic (exact) mass is 318 g/mol. The fraction of sp³-hybridized carbons (Fsp3) is 0.438. The quantitative estimate of drug-likeness (QED) is 0.688. The highest BCUT2D eigenvalue weighted by atomic mass is 16.4. The van der Waals surface area contributed by atoms with E-state index in [1.807, 2.05) is 37.3 Å². The van der Waals surface area contributed by atoms with Gasteiger partial charge in [0.15, 0.2) is 0 Å². The first kappa shape index (κ1) is 17.0. The van der Waals surface area contributed by atoms with Crippen LogP contribution >= 0.6 is 0 Å². The average Bonchev–Trinajstić information content (AvgIpc) is 3.02. The second-order valence-corrected chi connectivity index (χ2v) is 5.28. The summed E-state index contributed by atoms with van der Waals surface area (Å²) in [5.74, 6) is 0.958. The maximum atomic E-state index is 11.7. The van der Waals surface area contributed by atoms with E-state index in [2.05, 4.69) is 20.8 Å². The molecule has 0 radical (unpaired) electrons. The molecule has 0 bridgehead atoms. The lowest BCUT2D eigenvalue weighted by Gasteiger charge is -2.13. The third-order valence-electron chi connectivity index (χ3n) is 3.28. The number of urea groups is 1. The molecule has 0 saturated carbocycles. The van der Waals surface area contributed by atoms with E-state index in [9.17, 15) is 4.79 Å². The number of aromatic nitrogens is 2. The average molecular weight is 318 g/mol. The second-order valence-electron chi connectivity index (χ2n) is 5.28. The van der Waals surface area contributed by atoms with E-state index in [4.69, 9.17) is 9.52 Å². The summed E-state index contributed by atoms with van der Waals surface area (Å²) in [5.41, 5.74) is 0.870. The number of rotatable bonds is 8. The van der Waals surface area contributed by atoms with Crippen LogP contribution in [0.15, 0.2) is 34.7 Å². The predicted octanol–water partition coefficient (Wildman–Crippen LogP) is 1.74. The Labute approximate surface area is 135 Å². The molecule has 2 rings (SSSR count). The van der Waals surface area contributed by atoms with Gasteiger partial charge in [-0.05, 0) is 31.9 Å². The van der Waals surface area contributed by atoms with E-state index < -0.39 is 0 Å². The van der Waals surface area contributed by atoms with Gasteiger partial charge in [0.1, 0.15) is 0 Å². The van der Waals surface area contributed by atoms with Gasteiger partial charge in [-0.15, -0.1) is 10.2 Å². The summed E-state index contributed by atoms with van der Waals surface area (Å²) in [7, 11) is 0. The Hall–Kier alpha value is -2.41. The van der Waals surface area contributed by atoms with Crippen molar-refractivity contribution >= 4 is 6.03 Å². The maximum Gasteiger partial charge on any atom is 0.315 e. The molecule has 2 amide bonds. The number of carbonyl (C=O) groups excluding carboxylic acids is 1. The fourth-order valence-electron chi connectivity index (χ4n) is 2.08. The summed E-state index contributed by atoms with van der Waals surface area (Å²) in [6, 6.07) is 9.32. The molecule has 1 aromatic carbocycles. The van der Waals surface area contributed by atoms with E-state index >= 15 is 0 Å². The lowest BCUT2D eigenvalue weighted by Crippen LogP contribution is -2.41. The highest BCUT2D eigenvalue weighted by Crippen LogP contribution is 2.16. The van der Waals surface area contributed by atoms with E-state index in [0.717, 1.165) is 12.0 Å². The van der Waals surface area contributed by atoms with Crippen molar-refractivity contribution < 1.29 is 14.3 Å². The minimum absolute atomic E-state index is 0.0234. The first-order valence-electron chi connectivity index (χ1n) is 7.72. The fourth-order valence-corrected chi connectivity index (χ4v) is 2.08. The molecule has 0 aliphatic carbocycles. The highest BCUT2D eigenvalue weighted by Gasteiger charge is 2.09. The second kappa shape index (κ2) is 8.89. The van der Waals surface area contributed by atoms with E-state index in [0.29, 0.717) is 31.2 Å². The van der Waals surface area contributed by atoms with E-state index in [1.165, 1.54) is 0 Å². The Balaban J connectivity index is 1.72. The van der Waals surface area contributed by atoms with Crippen LogP contribution in [0, 0.1) is 0 Å². The molecule has 0 aliphatic rings. The number of amides is 2. The molecular weight excluding hydrogens is 296 g/mol. The molecule has 23 heavy (non-hydrogen) atoms. The van der Waals surface area contributed by atoms with Gasteiger partial charge in [0.05, 0.1) is 0 Å². The van der Waals surface area contributed by atoms with Crippen LogP contribution in [0.2, 0.25) is 0 Å². The molecule has 0 saturated heterocycles. The third-order valence-corrected chi connectivity index (χ3v) is 3.28. The Bertz CT molecular complexity index is 600. The zero-order chi connectivity index (χ0) is 16.5. The molecule has 1 unspecified atom stereocenters. The predicted molar refractivity (Wildman–Crippen MR) is 85.8 cm³/mol. The Kier molecular flexibility index (Phi) is 6.56. The standard InChI is InChI=1S/C16H22N4O3/c1-12(6-5-11-21)18-16(22)17-10-9-14-19-20-15(23-14)13-7-3-2-4-8-13/h2-4,7-8,12,21H,5-6,9-11H2,1H3,(H2,17,18,22). The van der Waals surface area contributed by atoms with Crippen LogP contribution in [0.5, 0.6) is 0 Å². The topological polar surface area (TPSA) is 100 Å². The molecule has 2 aromatic rings. The normalized spacial score (nSPS) is 11.9. The van der Waals surface area contributed by atoms with Crippen LogP contribution in [0.4, 0.5) is 4.79 Å². The lowest BCUT2D eigenvalue weighted by atomic mass is 10.2. The van der Waals surface area contributed by atoms with Crippen molar-refractivity contribution in [2.75, 3.05) is 13.2 Å². The van der Waals surface area contributed by atoms with Crippen LogP contribution in [0.3, 0.4) is 0 Å². The molecule has 1 heterocycles. The van der Waals surface area contributed by atoms with Crippen LogP contribution in [-0.2, 0) is 6.42 Å². The highest BCUT2D eigenvalue weighted by molar-refractivity contribution is 5.74. The zero-order valence-electron chi connectivity index (χ0n) is 13.2. The zero-order valence-corrected chi connectivity index (χ0v) is 13.2. The minimum atomic E-state index is -0.238. The molecule has 0 spiro atoms. The molecule has 3 N–H and O–H groups in total. The third kappa shape index (κ3) is 5.71. The SMILES string of the molecule is CC(CCCO)NC(=O)NCCc1nnc(-c2ccccc2)o1. The Morgan fingerprint density at radius 1 is 1.30 bits per heavy atom. The van der Waals surface area contributed by atoms with Crippen molar-refractivity contribution in [2.45, 2.75) is 32.2 Å². The van der Waals surface area contributed by atoms with Crippen LogP contribution in [-0.4, -0.2) is 40.5 Å². The van der Waals surface area contributed by atoms with Gasteiger partial charge in [0, 0.05) is 31.2 Å². The van der Waals surface area contributed by atoms with Crippen LogP contribution < -0.4 is 10.6 Å². The summed E-state index contributed by atoms with van der Waals surface area (Å²) in [4.78, 5) is 11.7. The maximum absolute atomic E-state index is 11.7. The largest absolute Gasteiger partial charge is 0.421 e. The molecule has 7 nitrogen and oxygen atoms in total. The molecule has 0 fully saturated rings. The summed E-state index contributed by atoms with van der Waals surface area (Å²) in [6.45, 7) is 2.45. The molecule has 0 aliphatic heterocycles. The van der Waals surface area contributed by atoms with Gasteiger partial charge >= 0.3 is 6.03 Å². The number of benzene rings is 1. The first-order chi connectivity index (χ1) is 11.2. The van der Waals surface area contributed by atoms with E-state index in [-0.39, 0.29) is 18.7 Å². The Morgan fingerprint density at radius 3 is 2.83 bits per heavy atom. The van der Waals surface area contributed by atoms with Gasteiger partial charge in [0.25, 0.3) is 0 Å². The van der Waals surface area contributed by atoms with Crippen molar-refractivity contribution in [1.29, 1.82) is 0 Å². The number of aliphatic hydroxyl groups is 1. The number of hydrogen-bond acceptors (Lipinski definition) is 5. The minimum Gasteiger partial charge on any atom is -0.421 e. The van der Waals surface area contributed by atoms with Gasteiger partial charge < -0.3 is 20.2 Å². The summed E-state index contributed by atoms with van der Waals surface area (Å²) in [6.07, 6.45) is 1.89. The molecule has 1 atom stereocenters. The Morgan fingerprint density at radius 2 is 2.09 bits per heavy atom. The van der Waals surface area contributed by atoms with Crippen molar-refractivity contribution in [3.8, 4) is 11.5 Å². The van der Waals surface area contributed by atoms with Gasteiger partial charge in [0.2, 0.25) is 11.8 Å². The molecular formula is C16H22N4O3. The number of carbonyl (C=O) groups is 1. The lowest BCUT2D eigenvalue weighted by molar-refractivity contribution is 0.234. The number of hydrogen-bond donors (Lipinski definition) is 3. The van der Waals surface area contributed by atoms with E-state index in [1.54, 1.807) is 0 Å². The van der Waals surface area contributed by atoms with Crippen molar-refractivity contribution in [3.63, 3.8) is 0 Å². The molecule has 1 aromatic heterocycles. The van der Waals surface area contributed by atoms with Crippen molar-refractivity contribution in [3.05, 3.63) is 36.2 Å². The van der Waals surface area contributed by atoms with Gasteiger partial charge in [-0.3, -0.25) is 0 Å². The van der Waals surface area contributed by atoms with Crippen LogP contribution in [0.1, 0.15) is 25.7 Å². The number of nitrogens with zero attached hydrogens (tertiary/aromatic N) is 2. The molecule has 7 heteroatoms. The van der Waals surface area contributed by atoms with Crippen LogP contribution in [0.25, 0.3) is 11.5 Å². The number of nitrogens with one attached hydrogen (secondary N) is 2. The number of aliphatic hydroxyl groups excluding tert-OH is 1. The molecule has 124 valence electrons. The van der Waals surface area contributed by atoms with Crippen molar-refractivity contribution in [2.24, 2.45) is 0 Å². The summed E-state index contributed by atoms with van der Waals surface area (Å²) >= 11 is 0.